The van der Waals surface area contributed by atoms with Crippen LogP contribution in [0.15, 0.2) is 24.3 Å². The van der Waals surface area contributed by atoms with Crippen molar-refractivity contribution < 1.29 is 19.1 Å². The van der Waals surface area contributed by atoms with Crippen molar-refractivity contribution in [3.8, 4) is 0 Å². The van der Waals surface area contributed by atoms with Crippen LogP contribution in [-0.4, -0.2) is 36.3 Å². The largest absolute Gasteiger partial charge is 0.452 e. The molecule has 144 valence electrons. The van der Waals surface area contributed by atoms with E-state index in [2.05, 4.69) is 5.32 Å². The smallest absolute Gasteiger partial charge is 0.341 e. The molecule has 1 aromatic carbocycles. The Balaban J connectivity index is 2.00. The molecule has 0 aliphatic rings. The van der Waals surface area contributed by atoms with E-state index in [1.54, 1.807) is 32.2 Å². The molecule has 27 heavy (non-hydrogen) atoms. The van der Waals surface area contributed by atoms with Gasteiger partial charge in [0.15, 0.2) is 6.61 Å². The predicted octanol–water partition coefficient (Wildman–Crippen LogP) is 3.79. The quantitative estimate of drug-likeness (QED) is 0.738. The molecular formula is C19H21ClN2O4S. The third-order valence-electron chi connectivity index (χ3n) is 3.94. The molecule has 0 unspecified atom stereocenters. The van der Waals surface area contributed by atoms with Gasteiger partial charge in [-0.05, 0) is 37.1 Å². The molecule has 2 rings (SSSR count). The van der Waals surface area contributed by atoms with Gasteiger partial charge in [0.2, 0.25) is 5.91 Å². The van der Waals surface area contributed by atoms with E-state index in [1.807, 2.05) is 13.0 Å². The number of ether oxygens (including phenoxy) is 1. The van der Waals surface area contributed by atoms with Crippen LogP contribution in [0.5, 0.6) is 0 Å². The van der Waals surface area contributed by atoms with E-state index in [-0.39, 0.29) is 24.0 Å². The van der Waals surface area contributed by atoms with E-state index in [0.717, 1.165) is 16.0 Å². The zero-order chi connectivity index (χ0) is 20.1. The third kappa shape index (κ3) is 5.55. The highest BCUT2D eigenvalue weighted by atomic mass is 35.5. The summed E-state index contributed by atoms with van der Waals surface area (Å²) in [5, 5.41) is 3.66. The number of nitrogens with one attached hydrogen (secondary N) is 1. The minimum absolute atomic E-state index is 0.275. The maximum absolute atomic E-state index is 12.5. The Morgan fingerprint density at radius 3 is 2.59 bits per heavy atom. The van der Waals surface area contributed by atoms with Gasteiger partial charge in [-0.25, -0.2) is 4.79 Å². The summed E-state index contributed by atoms with van der Waals surface area (Å²) in [6.45, 7) is 4.97. The number of hydrogen-bond acceptors (Lipinski definition) is 5. The Kier molecular flexibility index (Phi) is 6.98. The van der Waals surface area contributed by atoms with Crippen LogP contribution in [0.2, 0.25) is 5.02 Å². The van der Waals surface area contributed by atoms with Gasteiger partial charge >= 0.3 is 5.97 Å². The first-order chi connectivity index (χ1) is 12.7. The zero-order valence-corrected chi connectivity index (χ0v) is 17.2. The molecule has 0 aliphatic carbocycles. The maximum Gasteiger partial charge on any atom is 0.341 e. The molecule has 1 aromatic heterocycles. The molecule has 2 amide bonds. The van der Waals surface area contributed by atoms with Crippen LogP contribution in [0.25, 0.3) is 0 Å². The molecule has 0 radical (unpaired) electrons. The summed E-state index contributed by atoms with van der Waals surface area (Å²) in [6.07, 6.45) is 0. The van der Waals surface area contributed by atoms with Crippen LogP contribution >= 0.6 is 22.9 Å². The van der Waals surface area contributed by atoms with Gasteiger partial charge in [-0.15, -0.1) is 11.3 Å². The highest BCUT2D eigenvalue weighted by Crippen LogP contribution is 2.33. The molecule has 0 spiro atoms. The fourth-order valence-electron chi connectivity index (χ4n) is 2.43. The monoisotopic (exact) mass is 408 g/mol. The van der Waals surface area contributed by atoms with Crippen LogP contribution in [0.3, 0.4) is 0 Å². The van der Waals surface area contributed by atoms with Crippen molar-refractivity contribution >= 4 is 45.7 Å². The molecule has 1 heterocycles. The van der Waals surface area contributed by atoms with Gasteiger partial charge in [-0.2, -0.15) is 0 Å². The Morgan fingerprint density at radius 2 is 1.96 bits per heavy atom. The Hall–Kier alpha value is -2.38. The number of esters is 1. The molecule has 2 aromatic rings. The summed E-state index contributed by atoms with van der Waals surface area (Å²) in [4.78, 5) is 38.4. The van der Waals surface area contributed by atoms with E-state index < -0.39 is 5.97 Å². The molecule has 0 saturated carbocycles. The fourth-order valence-corrected chi connectivity index (χ4v) is 3.74. The number of aryl methyl sites for hydroxylation is 1. The van der Waals surface area contributed by atoms with Crippen LogP contribution in [0, 0.1) is 13.8 Å². The number of halogens is 1. The molecular weight excluding hydrogens is 388 g/mol. The van der Waals surface area contributed by atoms with Gasteiger partial charge in [0.25, 0.3) is 5.91 Å². The summed E-state index contributed by atoms with van der Waals surface area (Å²) >= 11 is 7.24. The lowest BCUT2D eigenvalue weighted by Gasteiger charge is -2.17. The first-order valence-electron chi connectivity index (χ1n) is 8.22. The van der Waals surface area contributed by atoms with Crippen molar-refractivity contribution in [3.63, 3.8) is 0 Å². The summed E-state index contributed by atoms with van der Waals surface area (Å²) in [6, 6.07) is 7.20. The SMILES string of the molecule is CC(=O)Nc1sc(C)c(C)c1C(=O)OCC(=O)N(C)Cc1cccc(Cl)c1. The average molecular weight is 409 g/mol. The molecule has 1 N–H and O–H groups in total. The van der Waals surface area contributed by atoms with Gasteiger partial charge < -0.3 is 15.0 Å². The van der Waals surface area contributed by atoms with Crippen molar-refractivity contribution in [2.45, 2.75) is 27.3 Å². The topological polar surface area (TPSA) is 75.7 Å². The standard InChI is InChI=1S/C19H21ClN2O4S/c1-11-12(2)27-18(21-13(3)23)17(11)19(25)26-10-16(24)22(4)9-14-6-5-7-15(20)8-14/h5-8H,9-10H2,1-4H3,(H,21,23). The van der Waals surface area contributed by atoms with Crippen LogP contribution in [0.1, 0.15) is 33.3 Å². The number of carbonyl (C=O) groups excluding carboxylic acids is 3. The number of hydrogen-bond donors (Lipinski definition) is 1. The number of rotatable bonds is 6. The Bertz CT molecular complexity index is 879. The number of likely N-dealkylation sites (N-methyl/N-ethyl adjacent to an activating group) is 1. The normalized spacial score (nSPS) is 10.4. The Morgan fingerprint density at radius 1 is 1.26 bits per heavy atom. The molecule has 8 heteroatoms. The van der Waals surface area contributed by atoms with Crippen LogP contribution in [-0.2, 0) is 20.9 Å². The van der Waals surface area contributed by atoms with Crippen molar-refractivity contribution in [3.05, 3.63) is 50.9 Å². The van der Waals surface area contributed by atoms with Crippen LogP contribution < -0.4 is 5.32 Å². The average Bonchev–Trinajstić information content (AvgIpc) is 2.85. The fraction of sp³-hybridized carbons (Fsp3) is 0.316. The Labute approximate surface area is 167 Å². The highest BCUT2D eigenvalue weighted by Gasteiger charge is 2.23. The summed E-state index contributed by atoms with van der Waals surface area (Å²) in [5.41, 5.74) is 1.90. The summed E-state index contributed by atoms with van der Waals surface area (Å²) in [7, 11) is 1.62. The second-order valence-electron chi connectivity index (χ2n) is 6.12. The van der Waals surface area contributed by atoms with E-state index in [9.17, 15) is 14.4 Å². The lowest BCUT2D eigenvalue weighted by molar-refractivity contribution is -0.133. The minimum Gasteiger partial charge on any atom is -0.452 e. The predicted molar refractivity (Wildman–Crippen MR) is 106 cm³/mol. The van der Waals surface area contributed by atoms with E-state index in [4.69, 9.17) is 16.3 Å². The molecule has 0 fully saturated rings. The summed E-state index contributed by atoms with van der Waals surface area (Å²) in [5.74, 6) is -1.25. The van der Waals surface area contributed by atoms with Crippen molar-refractivity contribution in [2.75, 3.05) is 19.0 Å². The van der Waals surface area contributed by atoms with E-state index in [0.29, 0.717) is 16.6 Å². The minimum atomic E-state index is -0.634. The lowest BCUT2D eigenvalue weighted by Crippen LogP contribution is -2.31. The van der Waals surface area contributed by atoms with Gasteiger partial charge in [0, 0.05) is 30.4 Å². The van der Waals surface area contributed by atoms with Gasteiger partial charge in [-0.1, -0.05) is 23.7 Å². The van der Waals surface area contributed by atoms with Crippen molar-refractivity contribution in [2.24, 2.45) is 0 Å². The van der Waals surface area contributed by atoms with E-state index in [1.165, 1.54) is 23.2 Å². The first-order valence-corrected chi connectivity index (χ1v) is 9.41. The molecule has 0 aliphatic heterocycles. The highest BCUT2D eigenvalue weighted by molar-refractivity contribution is 7.16. The van der Waals surface area contributed by atoms with Crippen LogP contribution in [0.4, 0.5) is 5.00 Å². The molecule has 6 nitrogen and oxygen atoms in total. The van der Waals surface area contributed by atoms with Gasteiger partial charge in [0.05, 0.1) is 5.56 Å². The first kappa shape index (κ1) is 20.9. The van der Waals surface area contributed by atoms with Gasteiger partial charge in [0.1, 0.15) is 5.00 Å². The van der Waals surface area contributed by atoms with Gasteiger partial charge in [-0.3, -0.25) is 9.59 Å². The molecule has 0 saturated heterocycles. The molecule has 0 bridgehead atoms. The van der Waals surface area contributed by atoms with Crippen molar-refractivity contribution in [1.29, 1.82) is 0 Å². The number of nitrogens with zero attached hydrogens (tertiary/aromatic N) is 1. The third-order valence-corrected chi connectivity index (χ3v) is 5.30. The number of anilines is 1. The molecule has 0 atom stereocenters. The number of carbonyl (C=O) groups is 3. The van der Waals surface area contributed by atoms with Crippen molar-refractivity contribution in [1.82, 2.24) is 4.90 Å². The number of benzene rings is 1. The second kappa shape index (κ2) is 9.01. The zero-order valence-electron chi connectivity index (χ0n) is 15.6. The summed E-state index contributed by atoms with van der Waals surface area (Å²) < 4.78 is 5.19. The van der Waals surface area contributed by atoms with E-state index >= 15 is 0 Å². The lowest BCUT2D eigenvalue weighted by atomic mass is 10.1. The maximum atomic E-state index is 12.5. The number of thiophene rings is 1. The number of amides is 2. The second-order valence-corrected chi connectivity index (χ2v) is 7.79.